The third-order valence-corrected chi connectivity index (χ3v) is 5.47. The van der Waals surface area contributed by atoms with E-state index in [1.807, 2.05) is 48.9 Å². The Balaban J connectivity index is 1.86. The lowest BCUT2D eigenvalue weighted by Crippen LogP contribution is -2.12. The molecular weight excluding hydrogens is 384 g/mol. The second-order valence-electron chi connectivity index (χ2n) is 7.61. The summed E-state index contributed by atoms with van der Waals surface area (Å²) >= 11 is 6.94. The predicted molar refractivity (Wildman–Crippen MR) is 118 cm³/mol. The molecule has 0 N–H and O–H groups in total. The number of aromatic nitrogens is 4. The van der Waals surface area contributed by atoms with Crippen LogP contribution in [0.15, 0.2) is 48.6 Å². The van der Waals surface area contributed by atoms with E-state index in [4.69, 9.17) is 21.4 Å². The highest BCUT2D eigenvalue weighted by Gasteiger charge is 2.24. The Morgan fingerprint density at radius 1 is 1.17 bits per heavy atom. The molecule has 150 valence electrons. The van der Waals surface area contributed by atoms with Crippen LogP contribution in [0.4, 0.5) is 0 Å². The van der Waals surface area contributed by atoms with Gasteiger partial charge in [-0.05, 0) is 31.8 Å². The maximum absolute atomic E-state index is 6.94. The average molecular weight is 409 g/mol. The van der Waals surface area contributed by atoms with Crippen LogP contribution in [0.2, 0.25) is 5.02 Å². The number of hydrogen-bond donors (Lipinski definition) is 0. The van der Waals surface area contributed by atoms with E-state index in [1.54, 1.807) is 0 Å². The summed E-state index contributed by atoms with van der Waals surface area (Å²) in [6, 6.07) is 10.1. The standard InChI is InChI=1S/C23H25ClN4O/c1-15(2)29-14-13-28-23-19(21(27-28)17-10-5-4-6-11-17)20(24)22(25-26-23)18-12-8-7-9-16(18)3/h4-8,10-12,15-16H,9,13-14H2,1-3H3. The Morgan fingerprint density at radius 2 is 1.97 bits per heavy atom. The van der Waals surface area contributed by atoms with Crippen LogP contribution in [0.1, 0.15) is 32.9 Å². The lowest BCUT2D eigenvalue weighted by molar-refractivity contribution is 0.0715. The summed E-state index contributed by atoms with van der Waals surface area (Å²) < 4.78 is 7.56. The molecule has 1 unspecified atom stereocenters. The number of fused-ring (bicyclic) bond motifs is 1. The van der Waals surface area contributed by atoms with Crippen molar-refractivity contribution in [1.82, 2.24) is 20.0 Å². The zero-order chi connectivity index (χ0) is 20.4. The van der Waals surface area contributed by atoms with Gasteiger partial charge >= 0.3 is 0 Å². The van der Waals surface area contributed by atoms with Crippen molar-refractivity contribution in [2.45, 2.75) is 39.8 Å². The highest BCUT2D eigenvalue weighted by atomic mass is 35.5. The second kappa shape index (κ2) is 8.47. The number of halogens is 1. The maximum atomic E-state index is 6.94. The maximum Gasteiger partial charge on any atom is 0.182 e. The number of hydrogen-bond acceptors (Lipinski definition) is 4. The van der Waals surface area contributed by atoms with Crippen molar-refractivity contribution in [1.29, 1.82) is 0 Å². The molecule has 1 aliphatic carbocycles. The average Bonchev–Trinajstić information content (AvgIpc) is 3.09. The fraction of sp³-hybridized carbons (Fsp3) is 0.348. The van der Waals surface area contributed by atoms with Crippen molar-refractivity contribution < 1.29 is 4.74 Å². The van der Waals surface area contributed by atoms with Gasteiger partial charge in [0.25, 0.3) is 0 Å². The third-order valence-electron chi connectivity index (χ3n) is 5.11. The number of rotatable bonds is 6. The fourth-order valence-corrected chi connectivity index (χ4v) is 3.91. The molecule has 0 aliphatic heterocycles. The fourth-order valence-electron chi connectivity index (χ4n) is 3.59. The monoisotopic (exact) mass is 408 g/mol. The van der Waals surface area contributed by atoms with Crippen LogP contribution in [0, 0.1) is 5.92 Å². The van der Waals surface area contributed by atoms with Crippen LogP contribution in [-0.2, 0) is 11.3 Å². The number of benzene rings is 1. The highest BCUT2D eigenvalue weighted by molar-refractivity contribution is 6.37. The molecule has 0 saturated heterocycles. The lowest BCUT2D eigenvalue weighted by atomic mass is 9.90. The molecule has 2 heterocycles. The molecule has 1 aliphatic rings. The molecule has 4 rings (SSSR count). The quantitative estimate of drug-likeness (QED) is 0.536. The van der Waals surface area contributed by atoms with Crippen LogP contribution in [0.5, 0.6) is 0 Å². The second-order valence-corrected chi connectivity index (χ2v) is 7.98. The molecule has 6 heteroatoms. The third kappa shape index (κ3) is 3.98. The molecule has 0 amide bonds. The van der Waals surface area contributed by atoms with Gasteiger partial charge in [0.15, 0.2) is 5.65 Å². The Labute approximate surface area is 176 Å². The summed E-state index contributed by atoms with van der Waals surface area (Å²) in [6.45, 7) is 7.37. The van der Waals surface area contributed by atoms with Gasteiger partial charge in [0.1, 0.15) is 11.4 Å². The van der Waals surface area contributed by atoms with E-state index in [0.29, 0.717) is 29.7 Å². The van der Waals surface area contributed by atoms with Gasteiger partial charge in [-0.3, -0.25) is 0 Å². The molecule has 0 bridgehead atoms. The predicted octanol–water partition coefficient (Wildman–Crippen LogP) is 5.55. The van der Waals surface area contributed by atoms with Gasteiger partial charge in [0.2, 0.25) is 0 Å². The van der Waals surface area contributed by atoms with E-state index in [0.717, 1.165) is 34.3 Å². The normalized spacial score (nSPS) is 16.6. The molecule has 5 nitrogen and oxygen atoms in total. The topological polar surface area (TPSA) is 52.8 Å². The molecule has 1 aromatic carbocycles. The van der Waals surface area contributed by atoms with Crippen LogP contribution in [0.3, 0.4) is 0 Å². The summed E-state index contributed by atoms with van der Waals surface area (Å²) in [7, 11) is 0. The molecule has 0 fully saturated rings. The summed E-state index contributed by atoms with van der Waals surface area (Å²) in [6.07, 6.45) is 7.44. The summed E-state index contributed by atoms with van der Waals surface area (Å²) in [5.41, 5.74) is 4.37. The van der Waals surface area contributed by atoms with E-state index in [2.05, 4.69) is 35.3 Å². The van der Waals surface area contributed by atoms with Crippen molar-refractivity contribution >= 4 is 28.2 Å². The molecule has 0 spiro atoms. The van der Waals surface area contributed by atoms with E-state index in [1.165, 1.54) is 0 Å². The van der Waals surface area contributed by atoms with Gasteiger partial charge in [-0.1, -0.05) is 67.1 Å². The first kappa shape index (κ1) is 19.8. The Kier molecular flexibility index (Phi) is 5.79. The Bertz CT molecular complexity index is 1070. The van der Waals surface area contributed by atoms with Gasteiger partial charge in [0, 0.05) is 5.56 Å². The molecule has 3 aromatic rings. The summed E-state index contributed by atoms with van der Waals surface area (Å²) in [5, 5.41) is 15.3. The van der Waals surface area contributed by atoms with Crippen molar-refractivity contribution in [3.8, 4) is 11.3 Å². The zero-order valence-electron chi connectivity index (χ0n) is 17.0. The van der Waals surface area contributed by atoms with Crippen LogP contribution in [0.25, 0.3) is 27.9 Å². The van der Waals surface area contributed by atoms with Gasteiger partial charge in [0.05, 0.1) is 29.7 Å². The van der Waals surface area contributed by atoms with Gasteiger partial charge < -0.3 is 4.74 Å². The van der Waals surface area contributed by atoms with Gasteiger partial charge in [-0.25, -0.2) is 4.68 Å². The first-order valence-electron chi connectivity index (χ1n) is 10.0. The first-order chi connectivity index (χ1) is 14.1. The largest absolute Gasteiger partial charge is 0.377 e. The van der Waals surface area contributed by atoms with Gasteiger partial charge in [-0.2, -0.15) is 5.10 Å². The van der Waals surface area contributed by atoms with Crippen molar-refractivity contribution in [2.24, 2.45) is 5.92 Å². The van der Waals surface area contributed by atoms with Crippen molar-refractivity contribution in [2.75, 3.05) is 6.61 Å². The minimum absolute atomic E-state index is 0.166. The molecule has 0 saturated carbocycles. The minimum Gasteiger partial charge on any atom is -0.377 e. The van der Waals surface area contributed by atoms with E-state index in [9.17, 15) is 0 Å². The SMILES string of the molecule is CC(C)OCCn1nc(-c2ccccc2)c2c(Cl)c(C3=CC=CCC3C)nnc21. The van der Waals surface area contributed by atoms with Crippen LogP contribution < -0.4 is 0 Å². The molecule has 1 atom stereocenters. The highest BCUT2D eigenvalue weighted by Crippen LogP contribution is 2.38. The Hall–Kier alpha value is -2.50. The molecule has 2 aromatic heterocycles. The summed E-state index contributed by atoms with van der Waals surface area (Å²) in [5.74, 6) is 0.346. The lowest BCUT2D eigenvalue weighted by Gasteiger charge is -2.17. The van der Waals surface area contributed by atoms with Crippen LogP contribution >= 0.6 is 11.6 Å². The molecular formula is C23H25ClN4O. The number of nitrogens with zero attached hydrogens (tertiary/aromatic N) is 4. The molecule has 0 radical (unpaired) electrons. The van der Waals surface area contributed by atoms with Crippen molar-refractivity contribution in [3.05, 3.63) is 59.3 Å². The zero-order valence-corrected chi connectivity index (χ0v) is 17.7. The first-order valence-corrected chi connectivity index (χ1v) is 10.4. The number of allylic oxidation sites excluding steroid dienone is 4. The minimum atomic E-state index is 0.166. The van der Waals surface area contributed by atoms with Crippen LogP contribution in [-0.4, -0.2) is 32.7 Å². The van der Waals surface area contributed by atoms with E-state index < -0.39 is 0 Å². The Morgan fingerprint density at radius 3 is 2.69 bits per heavy atom. The number of ether oxygens (including phenoxy) is 1. The van der Waals surface area contributed by atoms with Crippen molar-refractivity contribution in [3.63, 3.8) is 0 Å². The van der Waals surface area contributed by atoms with E-state index in [-0.39, 0.29) is 6.10 Å². The smallest absolute Gasteiger partial charge is 0.182 e. The summed E-state index contributed by atoms with van der Waals surface area (Å²) in [4.78, 5) is 0. The van der Waals surface area contributed by atoms with Gasteiger partial charge in [-0.15, -0.1) is 10.2 Å². The molecule has 29 heavy (non-hydrogen) atoms. The van der Waals surface area contributed by atoms with E-state index >= 15 is 0 Å².